The van der Waals surface area contributed by atoms with Crippen LogP contribution < -0.4 is 10.7 Å². The maximum Gasteiger partial charge on any atom is 0.428 e. The van der Waals surface area contributed by atoms with Crippen molar-refractivity contribution in [3.63, 3.8) is 0 Å². The summed E-state index contributed by atoms with van der Waals surface area (Å²) < 4.78 is 19.9. The first-order valence-corrected chi connectivity index (χ1v) is 11.6. The fourth-order valence-corrected chi connectivity index (χ4v) is 4.75. The topological polar surface area (TPSA) is 112 Å². The van der Waals surface area contributed by atoms with Gasteiger partial charge in [0, 0.05) is 49.8 Å². The number of rotatable bonds is 5. The van der Waals surface area contributed by atoms with E-state index in [4.69, 9.17) is 16.3 Å². The van der Waals surface area contributed by atoms with Gasteiger partial charge in [0.15, 0.2) is 5.60 Å². The minimum Gasteiger partial charge on any atom is -0.435 e. The Morgan fingerprint density at radius 2 is 2.12 bits per heavy atom. The Bertz CT molecular complexity index is 1120. The third-order valence-corrected chi connectivity index (χ3v) is 6.68. The van der Waals surface area contributed by atoms with E-state index in [0.717, 1.165) is 5.69 Å². The van der Waals surface area contributed by atoms with Crippen LogP contribution in [0.2, 0.25) is 5.02 Å². The number of aromatic nitrogens is 2. The summed E-state index contributed by atoms with van der Waals surface area (Å²) in [5, 5.41) is 14.1. The molecule has 9 nitrogen and oxygen atoms in total. The minimum absolute atomic E-state index is 0.116. The molecule has 1 fully saturated rings. The lowest BCUT2D eigenvalue weighted by molar-refractivity contribution is 0.00487. The zero-order chi connectivity index (χ0) is 23.8. The fraction of sp³-hybridized carbons (Fsp3) is 0.429. The quantitative estimate of drug-likeness (QED) is 0.503. The lowest BCUT2D eigenvalue weighted by atomic mass is 9.82. The number of halogens is 3. The molecule has 33 heavy (non-hydrogen) atoms. The van der Waals surface area contributed by atoms with E-state index in [1.165, 1.54) is 6.07 Å². The number of hydrogen-bond acceptors (Lipinski definition) is 6. The van der Waals surface area contributed by atoms with Gasteiger partial charge < -0.3 is 15.0 Å². The van der Waals surface area contributed by atoms with E-state index in [-0.39, 0.29) is 21.4 Å². The third kappa shape index (κ3) is 5.04. The zero-order valence-corrected chi connectivity index (χ0v) is 20.4. The maximum absolute atomic E-state index is 13.9. The first-order chi connectivity index (χ1) is 15.7. The number of aryl methyl sites for hydroxylation is 1. The summed E-state index contributed by atoms with van der Waals surface area (Å²) in [5.41, 5.74) is 3.48. The molecule has 2 aliphatic rings. The molecule has 12 heteroatoms. The van der Waals surface area contributed by atoms with Gasteiger partial charge in [0.05, 0.1) is 9.50 Å². The molecule has 176 valence electrons. The second kappa shape index (κ2) is 9.40. The molecule has 0 saturated carbocycles. The third-order valence-electron chi connectivity index (χ3n) is 5.76. The van der Waals surface area contributed by atoms with Gasteiger partial charge in [-0.3, -0.25) is 9.89 Å². The van der Waals surface area contributed by atoms with Crippen LogP contribution in [0.15, 0.2) is 27.8 Å². The largest absolute Gasteiger partial charge is 0.435 e. The van der Waals surface area contributed by atoms with E-state index in [0.29, 0.717) is 49.4 Å². The van der Waals surface area contributed by atoms with Crippen LogP contribution in [0, 0.1) is 12.7 Å². The zero-order valence-electron chi connectivity index (χ0n) is 18.0. The Labute approximate surface area is 203 Å². The van der Waals surface area contributed by atoms with Crippen LogP contribution in [0.25, 0.3) is 0 Å². The van der Waals surface area contributed by atoms with Gasteiger partial charge in [0.25, 0.3) is 5.91 Å². The van der Waals surface area contributed by atoms with Gasteiger partial charge in [-0.05, 0) is 48.0 Å². The number of piperidine rings is 1. The SMILES string of the molecule is Cc1cc(C(=O)N[C@@H](C)CN2CCC3(CC2)OC(=O)NN=C3c2cc(Br)c(F)cc2Cl)n[nH]1. The van der Waals surface area contributed by atoms with E-state index in [1.807, 2.05) is 13.8 Å². The van der Waals surface area contributed by atoms with E-state index in [9.17, 15) is 14.0 Å². The van der Waals surface area contributed by atoms with E-state index < -0.39 is 17.5 Å². The van der Waals surface area contributed by atoms with Gasteiger partial charge in [-0.2, -0.15) is 10.2 Å². The van der Waals surface area contributed by atoms with Crippen molar-refractivity contribution in [3.8, 4) is 0 Å². The molecule has 4 rings (SSSR count). The van der Waals surface area contributed by atoms with Gasteiger partial charge in [-0.15, -0.1) is 0 Å². The Morgan fingerprint density at radius 3 is 2.79 bits per heavy atom. The number of amides is 2. The number of carbonyl (C=O) groups is 2. The van der Waals surface area contributed by atoms with Crippen molar-refractivity contribution < 1.29 is 18.7 Å². The van der Waals surface area contributed by atoms with Crippen molar-refractivity contribution in [3.05, 3.63) is 50.5 Å². The highest BCUT2D eigenvalue weighted by Crippen LogP contribution is 2.36. The van der Waals surface area contributed by atoms with Gasteiger partial charge in [-0.25, -0.2) is 14.6 Å². The van der Waals surface area contributed by atoms with Gasteiger partial charge in [0.2, 0.25) is 0 Å². The molecule has 1 aromatic heterocycles. The van der Waals surface area contributed by atoms with Crippen LogP contribution in [0.4, 0.5) is 9.18 Å². The number of aromatic amines is 1. The van der Waals surface area contributed by atoms with Crippen molar-refractivity contribution >= 4 is 45.2 Å². The number of benzene rings is 1. The number of nitrogens with one attached hydrogen (secondary N) is 3. The second-order valence-corrected chi connectivity index (χ2v) is 9.58. The van der Waals surface area contributed by atoms with E-state index in [1.54, 1.807) is 12.1 Å². The highest BCUT2D eigenvalue weighted by atomic mass is 79.9. The first kappa shape index (κ1) is 23.7. The number of hydrazone groups is 1. The van der Waals surface area contributed by atoms with Crippen molar-refractivity contribution in [1.29, 1.82) is 0 Å². The molecule has 1 spiro atoms. The number of carbonyl (C=O) groups excluding carboxylic acids is 2. The summed E-state index contributed by atoms with van der Waals surface area (Å²) in [6.07, 6.45) is 0.313. The molecule has 1 saturated heterocycles. The Morgan fingerprint density at radius 1 is 1.39 bits per heavy atom. The fourth-order valence-electron chi connectivity index (χ4n) is 4.16. The number of H-pyrrole nitrogens is 1. The Kier molecular flexibility index (Phi) is 6.73. The number of ether oxygens (including phenoxy) is 1. The first-order valence-electron chi connectivity index (χ1n) is 10.4. The molecule has 2 aromatic rings. The molecule has 0 unspecified atom stereocenters. The van der Waals surface area contributed by atoms with Gasteiger partial charge >= 0.3 is 6.09 Å². The van der Waals surface area contributed by atoms with Gasteiger partial charge in [0.1, 0.15) is 17.2 Å². The predicted molar refractivity (Wildman–Crippen MR) is 124 cm³/mol. The highest BCUT2D eigenvalue weighted by Gasteiger charge is 2.46. The summed E-state index contributed by atoms with van der Waals surface area (Å²) >= 11 is 9.48. The number of nitrogens with zero attached hydrogens (tertiary/aromatic N) is 3. The highest BCUT2D eigenvalue weighted by molar-refractivity contribution is 9.10. The standard InChI is InChI=1S/C21H23BrClFN6O3/c1-11-7-17(27-26-11)19(31)25-12(2)10-30-5-3-21(4-6-30)18(28-29-20(32)33-21)13-8-14(22)16(24)9-15(13)23/h7-9,12H,3-6,10H2,1-2H3,(H,25,31)(H,26,27)(H,29,32)/t12-/m0/s1. The van der Waals surface area contributed by atoms with Crippen molar-refractivity contribution in [2.24, 2.45) is 5.10 Å². The molecule has 2 amide bonds. The van der Waals surface area contributed by atoms with Crippen molar-refractivity contribution in [2.75, 3.05) is 19.6 Å². The van der Waals surface area contributed by atoms with E-state index in [2.05, 4.69) is 46.9 Å². The van der Waals surface area contributed by atoms with Crippen LogP contribution in [-0.4, -0.2) is 64.1 Å². The maximum atomic E-state index is 13.9. The normalized spacial score (nSPS) is 18.9. The number of likely N-dealkylation sites (tertiary alicyclic amines) is 1. The lowest BCUT2D eigenvalue weighted by Crippen LogP contribution is -2.57. The summed E-state index contributed by atoms with van der Waals surface area (Å²) in [6.45, 7) is 5.59. The van der Waals surface area contributed by atoms with E-state index >= 15 is 0 Å². The molecule has 1 atom stereocenters. The minimum atomic E-state index is -0.973. The van der Waals surface area contributed by atoms with Crippen LogP contribution in [0.3, 0.4) is 0 Å². The van der Waals surface area contributed by atoms with Gasteiger partial charge in [-0.1, -0.05) is 11.6 Å². The Balaban J connectivity index is 1.43. The molecule has 3 N–H and O–H groups in total. The molecule has 3 heterocycles. The molecule has 0 aliphatic carbocycles. The van der Waals surface area contributed by atoms with Crippen molar-refractivity contribution in [1.82, 2.24) is 25.8 Å². The molecule has 1 aromatic carbocycles. The smallest absolute Gasteiger partial charge is 0.428 e. The summed E-state index contributed by atoms with van der Waals surface area (Å²) in [4.78, 5) is 26.5. The molecule has 2 aliphatic heterocycles. The summed E-state index contributed by atoms with van der Waals surface area (Å²) in [6, 6.07) is 4.32. The molecular formula is C21H23BrClFN6O3. The summed E-state index contributed by atoms with van der Waals surface area (Å²) in [5.74, 6) is -0.728. The predicted octanol–water partition coefficient (Wildman–Crippen LogP) is 3.37. The van der Waals surface area contributed by atoms with Crippen LogP contribution in [0.1, 0.15) is 41.5 Å². The van der Waals surface area contributed by atoms with Crippen LogP contribution >= 0.6 is 27.5 Å². The molecular weight excluding hydrogens is 519 g/mol. The molecule has 0 radical (unpaired) electrons. The average Bonchev–Trinajstić information content (AvgIpc) is 3.19. The Hall–Kier alpha value is -2.50. The second-order valence-electron chi connectivity index (χ2n) is 8.31. The van der Waals surface area contributed by atoms with Crippen LogP contribution in [0.5, 0.6) is 0 Å². The van der Waals surface area contributed by atoms with Crippen molar-refractivity contribution in [2.45, 2.75) is 38.3 Å². The lowest BCUT2D eigenvalue weighted by Gasteiger charge is -2.43. The number of hydrogen-bond donors (Lipinski definition) is 3. The summed E-state index contributed by atoms with van der Waals surface area (Å²) in [7, 11) is 0. The average molecular weight is 542 g/mol. The molecule has 0 bridgehead atoms. The van der Waals surface area contributed by atoms with Crippen LogP contribution in [-0.2, 0) is 4.74 Å². The monoisotopic (exact) mass is 540 g/mol.